The number of hydrogen-bond acceptors (Lipinski definition) is 3. The Morgan fingerprint density at radius 1 is 1.77 bits per heavy atom. The minimum Gasteiger partial charge on any atom is -0.350 e. The van der Waals surface area contributed by atoms with E-state index in [-0.39, 0.29) is 5.91 Å². The van der Waals surface area contributed by atoms with E-state index in [0.29, 0.717) is 5.69 Å². The maximum Gasteiger partial charge on any atom is 0.271 e. The molecule has 1 aromatic rings. The molecule has 0 atom stereocenters. The standard InChI is InChI=1S/C9H12N2OS/c1-6-4-8(11-13-6)9(12)10-5-7-2-3-7/h4,7H,2-3,5H2,1H3,(H,10,12). The van der Waals surface area contributed by atoms with Gasteiger partial charge in [-0.2, -0.15) is 4.37 Å². The van der Waals surface area contributed by atoms with E-state index in [1.807, 2.05) is 13.0 Å². The Morgan fingerprint density at radius 2 is 2.54 bits per heavy atom. The number of carbonyl (C=O) groups excluding carboxylic acids is 1. The van der Waals surface area contributed by atoms with Crippen molar-refractivity contribution in [2.45, 2.75) is 19.8 Å². The van der Waals surface area contributed by atoms with Gasteiger partial charge in [-0.15, -0.1) is 0 Å². The molecule has 4 heteroatoms. The summed E-state index contributed by atoms with van der Waals surface area (Å²) in [6.07, 6.45) is 2.52. The Balaban J connectivity index is 1.88. The number of aryl methyl sites for hydroxylation is 1. The molecule has 0 saturated heterocycles. The number of amides is 1. The lowest BCUT2D eigenvalue weighted by Crippen LogP contribution is -2.25. The fourth-order valence-electron chi connectivity index (χ4n) is 1.12. The van der Waals surface area contributed by atoms with E-state index < -0.39 is 0 Å². The molecule has 13 heavy (non-hydrogen) atoms. The summed E-state index contributed by atoms with van der Waals surface area (Å²) in [7, 11) is 0. The summed E-state index contributed by atoms with van der Waals surface area (Å²) in [5, 5.41) is 2.88. The van der Waals surface area contributed by atoms with Gasteiger partial charge in [-0.25, -0.2) is 0 Å². The number of rotatable bonds is 3. The molecular formula is C9H12N2OS. The van der Waals surface area contributed by atoms with Crippen LogP contribution >= 0.6 is 11.5 Å². The fraction of sp³-hybridized carbons (Fsp3) is 0.556. The number of hydrogen-bond donors (Lipinski definition) is 1. The average Bonchev–Trinajstić information content (AvgIpc) is 2.84. The average molecular weight is 196 g/mol. The van der Waals surface area contributed by atoms with E-state index in [4.69, 9.17) is 0 Å². The molecule has 0 radical (unpaired) electrons. The lowest BCUT2D eigenvalue weighted by molar-refractivity contribution is 0.0948. The second-order valence-electron chi connectivity index (χ2n) is 3.48. The summed E-state index contributed by atoms with van der Waals surface area (Å²) < 4.78 is 4.04. The van der Waals surface area contributed by atoms with Gasteiger partial charge in [0.05, 0.1) is 0 Å². The monoisotopic (exact) mass is 196 g/mol. The summed E-state index contributed by atoms with van der Waals surface area (Å²) in [6.45, 7) is 2.77. The van der Waals surface area contributed by atoms with E-state index in [0.717, 1.165) is 17.3 Å². The first kappa shape index (κ1) is 8.69. The molecule has 2 rings (SSSR count). The lowest BCUT2D eigenvalue weighted by Gasteiger charge is -1.99. The van der Waals surface area contributed by atoms with Gasteiger partial charge in [0.25, 0.3) is 5.91 Å². The van der Waals surface area contributed by atoms with Crippen LogP contribution in [0.25, 0.3) is 0 Å². The van der Waals surface area contributed by atoms with Crippen molar-refractivity contribution in [3.63, 3.8) is 0 Å². The van der Waals surface area contributed by atoms with Gasteiger partial charge in [-0.05, 0) is 43.3 Å². The van der Waals surface area contributed by atoms with Crippen LogP contribution in [0.15, 0.2) is 6.07 Å². The molecule has 1 aromatic heterocycles. The highest BCUT2D eigenvalue weighted by Crippen LogP contribution is 2.27. The topological polar surface area (TPSA) is 42.0 Å². The molecule has 1 fully saturated rings. The third-order valence-electron chi connectivity index (χ3n) is 2.11. The minimum absolute atomic E-state index is 0.0312. The molecule has 1 N–H and O–H groups in total. The smallest absolute Gasteiger partial charge is 0.271 e. The predicted octanol–water partition coefficient (Wildman–Crippen LogP) is 1.59. The van der Waals surface area contributed by atoms with Crippen molar-refractivity contribution in [2.75, 3.05) is 6.54 Å². The van der Waals surface area contributed by atoms with Gasteiger partial charge in [-0.3, -0.25) is 4.79 Å². The molecule has 0 spiro atoms. The summed E-state index contributed by atoms with van der Waals surface area (Å²) >= 11 is 1.37. The van der Waals surface area contributed by atoms with E-state index in [1.54, 1.807) is 0 Å². The first-order valence-electron chi connectivity index (χ1n) is 4.47. The minimum atomic E-state index is -0.0312. The highest BCUT2D eigenvalue weighted by Gasteiger charge is 2.22. The van der Waals surface area contributed by atoms with Crippen molar-refractivity contribution in [1.29, 1.82) is 0 Å². The van der Waals surface area contributed by atoms with Crippen LogP contribution in [-0.2, 0) is 0 Å². The zero-order valence-corrected chi connectivity index (χ0v) is 8.36. The molecule has 1 heterocycles. The van der Waals surface area contributed by atoms with Crippen LogP contribution in [0, 0.1) is 12.8 Å². The number of aromatic nitrogens is 1. The van der Waals surface area contributed by atoms with Crippen molar-refractivity contribution in [2.24, 2.45) is 5.92 Å². The Hall–Kier alpha value is -0.900. The van der Waals surface area contributed by atoms with E-state index in [1.165, 1.54) is 24.4 Å². The Bertz CT molecular complexity index is 317. The first-order chi connectivity index (χ1) is 6.25. The first-order valence-corrected chi connectivity index (χ1v) is 5.24. The molecule has 0 aliphatic heterocycles. The SMILES string of the molecule is Cc1cc(C(=O)NCC2CC2)ns1. The quantitative estimate of drug-likeness (QED) is 0.797. The van der Waals surface area contributed by atoms with Crippen LogP contribution in [0.2, 0.25) is 0 Å². The van der Waals surface area contributed by atoms with Gasteiger partial charge in [0.15, 0.2) is 0 Å². The normalized spacial score (nSPS) is 15.8. The van der Waals surface area contributed by atoms with Crippen molar-refractivity contribution in [3.8, 4) is 0 Å². The molecule has 3 nitrogen and oxygen atoms in total. The largest absolute Gasteiger partial charge is 0.350 e. The summed E-state index contributed by atoms with van der Waals surface area (Å²) in [5.41, 5.74) is 0.558. The molecular weight excluding hydrogens is 184 g/mol. The van der Waals surface area contributed by atoms with Crippen molar-refractivity contribution < 1.29 is 4.79 Å². The molecule has 1 saturated carbocycles. The van der Waals surface area contributed by atoms with Gasteiger partial charge in [0, 0.05) is 11.4 Å². The number of carbonyl (C=O) groups is 1. The lowest BCUT2D eigenvalue weighted by atomic mass is 10.3. The van der Waals surface area contributed by atoms with Gasteiger partial charge in [-0.1, -0.05) is 0 Å². The maximum absolute atomic E-state index is 11.4. The van der Waals surface area contributed by atoms with Gasteiger partial charge >= 0.3 is 0 Å². The van der Waals surface area contributed by atoms with Crippen LogP contribution in [0.5, 0.6) is 0 Å². The van der Waals surface area contributed by atoms with Crippen molar-refractivity contribution in [1.82, 2.24) is 9.69 Å². The van der Waals surface area contributed by atoms with Crippen molar-refractivity contribution in [3.05, 3.63) is 16.6 Å². The molecule has 1 amide bonds. The molecule has 1 aliphatic carbocycles. The van der Waals surface area contributed by atoms with Crippen LogP contribution in [0.3, 0.4) is 0 Å². The van der Waals surface area contributed by atoms with E-state index in [9.17, 15) is 4.79 Å². The van der Waals surface area contributed by atoms with Crippen LogP contribution in [-0.4, -0.2) is 16.8 Å². The summed E-state index contributed by atoms with van der Waals surface area (Å²) in [5.74, 6) is 0.694. The molecule has 1 aliphatic rings. The molecule has 70 valence electrons. The summed E-state index contributed by atoms with van der Waals surface area (Å²) in [6, 6.07) is 1.83. The van der Waals surface area contributed by atoms with Gasteiger partial charge in [0.2, 0.25) is 0 Å². The third-order valence-corrected chi connectivity index (χ3v) is 2.80. The van der Waals surface area contributed by atoms with Gasteiger partial charge < -0.3 is 5.32 Å². The van der Waals surface area contributed by atoms with Crippen LogP contribution in [0.4, 0.5) is 0 Å². The highest BCUT2D eigenvalue weighted by molar-refractivity contribution is 7.05. The van der Waals surface area contributed by atoms with Crippen LogP contribution < -0.4 is 5.32 Å². The zero-order valence-electron chi connectivity index (χ0n) is 7.54. The third kappa shape index (κ3) is 2.28. The number of nitrogens with one attached hydrogen (secondary N) is 1. The Labute approximate surface area is 81.3 Å². The van der Waals surface area contributed by atoms with Crippen LogP contribution in [0.1, 0.15) is 28.2 Å². The molecule has 0 unspecified atom stereocenters. The molecule has 0 aromatic carbocycles. The second-order valence-corrected chi connectivity index (χ2v) is 4.49. The predicted molar refractivity (Wildman–Crippen MR) is 51.9 cm³/mol. The zero-order chi connectivity index (χ0) is 9.26. The highest BCUT2D eigenvalue weighted by atomic mass is 32.1. The summed E-state index contributed by atoms with van der Waals surface area (Å²) in [4.78, 5) is 12.5. The molecule has 0 bridgehead atoms. The Morgan fingerprint density at radius 3 is 3.08 bits per heavy atom. The Kier molecular flexibility index (Phi) is 2.31. The van der Waals surface area contributed by atoms with Crippen molar-refractivity contribution >= 4 is 17.4 Å². The maximum atomic E-state index is 11.4. The van der Waals surface area contributed by atoms with E-state index >= 15 is 0 Å². The van der Waals surface area contributed by atoms with E-state index in [2.05, 4.69) is 9.69 Å². The second kappa shape index (κ2) is 3.46. The fourth-order valence-corrected chi connectivity index (χ4v) is 1.67. The number of nitrogens with zero attached hydrogens (tertiary/aromatic N) is 1. The van der Waals surface area contributed by atoms with Gasteiger partial charge in [0.1, 0.15) is 5.69 Å².